The molecule has 0 aliphatic carbocycles. The zero-order valence-electron chi connectivity index (χ0n) is 6.52. The van der Waals surface area contributed by atoms with Gasteiger partial charge < -0.3 is 4.90 Å². The van der Waals surface area contributed by atoms with Crippen molar-refractivity contribution in [1.82, 2.24) is 4.90 Å². The summed E-state index contributed by atoms with van der Waals surface area (Å²) in [6.45, 7) is -1.17. The van der Waals surface area contributed by atoms with Crippen LogP contribution in [0.25, 0.3) is 0 Å². The highest BCUT2D eigenvalue weighted by Gasteiger charge is 2.45. The minimum Gasteiger partial charge on any atom is -0.337 e. The zero-order chi connectivity index (χ0) is 11.0. The molecule has 8 heteroatoms. The summed E-state index contributed by atoms with van der Waals surface area (Å²) in [5.74, 6) is 0. The third-order valence-corrected chi connectivity index (χ3v) is 1.33. The van der Waals surface area contributed by atoms with Gasteiger partial charge in [-0.25, -0.2) is 4.99 Å². The van der Waals surface area contributed by atoms with Gasteiger partial charge in [0.1, 0.15) is 6.54 Å². The summed E-state index contributed by atoms with van der Waals surface area (Å²) in [5.41, 5.74) is 0. The highest BCUT2D eigenvalue weighted by atomic mass is 19.4. The van der Waals surface area contributed by atoms with Gasteiger partial charge in [0.2, 0.25) is 0 Å². The standard InChI is InChI=1S/C6H4F6N2/c7-5(8,9)2-14-1-4(13-3-14)6(10,11)12/h1,4H,2H2. The Morgan fingerprint density at radius 3 is 2.14 bits per heavy atom. The first-order valence-electron chi connectivity index (χ1n) is 3.39. The van der Waals surface area contributed by atoms with E-state index >= 15 is 0 Å². The van der Waals surface area contributed by atoms with Crippen molar-refractivity contribution < 1.29 is 26.3 Å². The number of rotatable bonds is 1. The smallest absolute Gasteiger partial charge is 0.337 e. The first-order valence-corrected chi connectivity index (χ1v) is 3.39. The summed E-state index contributed by atoms with van der Waals surface area (Å²) in [6.07, 6.45) is -7.60. The van der Waals surface area contributed by atoms with Crippen molar-refractivity contribution in [3.63, 3.8) is 0 Å². The fraction of sp³-hybridized carbons (Fsp3) is 0.667. The predicted octanol–water partition coefficient (Wildman–Crippen LogP) is 1.86. The Labute approximate surface area is 75.2 Å². The van der Waals surface area contributed by atoms with Crippen molar-refractivity contribution >= 4 is 6.34 Å². The molecule has 14 heavy (non-hydrogen) atoms. The van der Waals surface area contributed by atoms with Gasteiger partial charge in [0.15, 0.2) is 12.4 Å². The summed E-state index contributed by atoms with van der Waals surface area (Å²) < 4.78 is 70.8. The average Bonchev–Trinajstić information content (AvgIpc) is 2.29. The summed E-state index contributed by atoms with van der Waals surface area (Å²) in [4.78, 5) is 3.02. The normalized spacial score (nSPS) is 23.3. The van der Waals surface area contributed by atoms with E-state index in [4.69, 9.17) is 0 Å². The van der Waals surface area contributed by atoms with E-state index in [1.54, 1.807) is 6.34 Å². The lowest BCUT2D eigenvalue weighted by Crippen LogP contribution is -2.34. The number of hydrogen-bond acceptors (Lipinski definition) is 2. The first kappa shape index (κ1) is 11.1. The second kappa shape index (κ2) is 3.32. The van der Waals surface area contributed by atoms with E-state index in [-0.39, 0.29) is 4.90 Å². The van der Waals surface area contributed by atoms with Crippen molar-refractivity contribution in [2.75, 3.05) is 6.54 Å². The van der Waals surface area contributed by atoms with E-state index in [2.05, 4.69) is 4.99 Å². The Kier molecular flexibility index (Phi) is 2.64. The van der Waals surface area contributed by atoms with Gasteiger partial charge in [-0.2, -0.15) is 26.3 Å². The summed E-state index contributed by atoms with van der Waals surface area (Å²) in [6, 6.07) is -2.22. The molecule has 1 atom stereocenters. The molecule has 2 radical (unpaired) electrons. The van der Waals surface area contributed by atoms with Crippen LogP contribution in [0.4, 0.5) is 26.3 Å². The quantitative estimate of drug-likeness (QED) is 0.613. The Morgan fingerprint density at radius 2 is 1.79 bits per heavy atom. The van der Waals surface area contributed by atoms with Gasteiger partial charge in [-0.3, -0.25) is 0 Å². The molecule has 0 saturated heterocycles. The molecule has 0 N–H and O–H groups in total. The van der Waals surface area contributed by atoms with E-state index < -0.39 is 24.9 Å². The molecule has 1 heterocycles. The molecule has 0 aromatic heterocycles. The van der Waals surface area contributed by atoms with E-state index in [1.807, 2.05) is 0 Å². The number of alkyl halides is 6. The molecule has 0 aromatic rings. The van der Waals surface area contributed by atoms with Gasteiger partial charge in [0.05, 0.1) is 6.54 Å². The third kappa shape index (κ3) is 3.08. The molecule has 1 aliphatic rings. The van der Waals surface area contributed by atoms with Crippen LogP contribution >= 0.6 is 0 Å². The van der Waals surface area contributed by atoms with Crippen molar-refractivity contribution in [2.45, 2.75) is 18.4 Å². The van der Waals surface area contributed by atoms with Crippen LogP contribution in [0, 0.1) is 6.54 Å². The second-order valence-corrected chi connectivity index (χ2v) is 2.61. The summed E-state index contributed by atoms with van der Waals surface area (Å²) in [7, 11) is 0. The number of halogens is 6. The zero-order valence-corrected chi connectivity index (χ0v) is 6.52. The maximum Gasteiger partial charge on any atom is 0.412 e. The molecule has 1 aliphatic heterocycles. The van der Waals surface area contributed by atoms with Crippen LogP contribution in [0.2, 0.25) is 0 Å². The van der Waals surface area contributed by atoms with E-state index in [0.717, 1.165) is 0 Å². The molecule has 0 saturated carbocycles. The molecule has 1 rings (SSSR count). The number of aliphatic imine (C=N–C) groups is 1. The average molecular weight is 218 g/mol. The van der Waals surface area contributed by atoms with Crippen molar-refractivity contribution in [2.24, 2.45) is 4.99 Å². The molecule has 0 bridgehead atoms. The Morgan fingerprint density at radius 1 is 1.21 bits per heavy atom. The molecule has 0 fully saturated rings. The van der Waals surface area contributed by atoms with Crippen LogP contribution in [0.15, 0.2) is 4.99 Å². The van der Waals surface area contributed by atoms with Crippen molar-refractivity contribution in [3.8, 4) is 0 Å². The Bertz CT molecular complexity index is 229. The molecule has 0 spiro atoms. The maximum absolute atomic E-state index is 11.9. The molecule has 80 valence electrons. The third-order valence-electron chi connectivity index (χ3n) is 1.33. The van der Waals surface area contributed by atoms with E-state index in [1.165, 1.54) is 0 Å². The fourth-order valence-corrected chi connectivity index (χ4v) is 0.812. The first-order chi connectivity index (χ1) is 6.18. The molecular weight excluding hydrogens is 214 g/mol. The van der Waals surface area contributed by atoms with Crippen LogP contribution in [-0.2, 0) is 0 Å². The van der Waals surface area contributed by atoms with Gasteiger partial charge >= 0.3 is 12.4 Å². The van der Waals surface area contributed by atoms with Crippen LogP contribution in [0.3, 0.4) is 0 Å². The lowest BCUT2D eigenvalue weighted by Gasteiger charge is -2.17. The monoisotopic (exact) mass is 218 g/mol. The largest absolute Gasteiger partial charge is 0.412 e. The number of hydrogen-bond donors (Lipinski definition) is 0. The SMILES string of the molecule is FC(F)(F)CN1[C]=NC(C(F)(F)F)[CH]1. The van der Waals surface area contributed by atoms with Gasteiger partial charge in [-0.1, -0.05) is 0 Å². The van der Waals surface area contributed by atoms with Gasteiger partial charge in [0.25, 0.3) is 0 Å². The topological polar surface area (TPSA) is 15.6 Å². The lowest BCUT2D eigenvalue weighted by molar-refractivity contribution is -0.148. The van der Waals surface area contributed by atoms with Gasteiger partial charge in [-0.05, 0) is 0 Å². The number of nitrogens with zero attached hydrogens (tertiary/aromatic N) is 2. The van der Waals surface area contributed by atoms with Gasteiger partial charge in [0, 0.05) is 0 Å². The van der Waals surface area contributed by atoms with Crippen LogP contribution < -0.4 is 0 Å². The Balaban J connectivity index is 2.48. The highest BCUT2D eigenvalue weighted by Crippen LogP contribution is 2.29. The van der Waals surface area contributed by atoms with Crippen LogP contribution in [0.1, 0.15) is 0 Å². The summed E-state index contributed by atoms with van der Waals surface area (Å²) in [5, 5.41) is 0. The highest BCUT2D eigenvalue weighted by molar-refractivity contribution is 5.60. The van der Waals surface area contributed by atoms with Gasteiger partial charge in [-0.15, -0.1) is 0 Å². The molecular formula is C6H4F6N2. The van der Waals surface area contributed by atoms with E-state index in [9.17, 15) is 26.3 Å². The lowest BCUT2D eigenvalue weighted by atomic mass is 10.3. The predicted molar refractivity (Wildman–Crippen MR) is 34.3 cm³/mol. The van der Waals surface area contributed by atoms with Crippen molar-refractivity contribution in [1.29, 1.82) is 0 Å². The molecule has 0 aromatic carbocycles. The van der Waals surface area contributed by atoms with Crippen LogP contribution in [-0.4, -0.2) is 36.2 Å². The fourth-order valence-electron chi connectivity index (χ4n) is 0.812. The minimum absolute atomic E-state index is 0.248. The van der Waals surface area contributed by atoms with E-state index in [0.29, 0.717) is 6.54 Å². The Hall–Kier alpha value is -0.950. The molecule has 2 nitrogen and oxygen atoms in total. The molecule has 0 amide bonds. The maximum atomic E-state index is 11.9. The second-order valence-electron chi connectivity index (χ2n) is 2.61. The minimum atomic E-state index is -4.66. The molecule has 1 unspecified atom stereocenters. The van der Waals surface area contributed by atoms with Crippen molar-refractivity contribution in [3.05, 3.63) is 6.54 Å². The van der Waals surface area contributed by atoms with Crippen LogP contribution in [0.5, 0.6) is 0 Å². The summed E-state index contributed by atoms with van der Waals surface area (Å²) >= 11 is 0.